The molecule has 1 saturated heterocycles. The molecular weight excluding hydrogens is 296 g/mol. The zero-order valence-corrected chi connectivity index (χ0v) is 14.7. The normalized spacial score (nSPS) is 49.8. The summed E-state index contributed by atoms with van der Waals surface area (Å²) in [6.07, 6.45) is 14.6. The van der Waals surface area contributed by atoms with E-state index in [1.165, 1.54) is 30.4 Å². The van der Waals surface area contributed by atoms with Crippen molar-refractivity contribution in [2.24, 2.45) is 29.1 Å². The van der Waals surface area contributed by atoms with Crippen molar-refractivity contribution in [2.75, 3.05) is 6.61 Å². The van der Waals surface area contributed by atoms with Gasteiger partial charge in [0.2, 0.25) is 0 Å². The lowest BCUT2D eigenvalue weighted by Crippen LogP contribution is -2.53. The molecule has 128 valence electrons. The molecule has 3 fully saturated rings. The van der Waals surface area contributed by atoms with Crippen LogP contribution in [0, 0.1) is 29.1 Å². The molecule has 0 amide bonds. The van der Waals surface area contributed by atoms with Crippen LogP contribution in [0.5, 0.6) is 0 Å². The van der Waals surface area contributed by atoms with E-state index in [1.807, 2.05) is 6.08 Å². The van der Waals surface area contributed by atoms with Crippen molar-refractivity contribution >= 4 is 5.78 Å². The van der Waals surface area contributed by atoms with Gasteiger partial charge >= 0.3 is 0 Å². The van der Waals surface area contributed by atoms with Crippen LogP contribution in [0.2, 0.25) is 0 Å². The predicted octanol–water partition coefficient (Wildman–Crippen LogP) is 4.62. The van der Waals surface area contributed by atoms with E-state index in [-0.39, 0.29) is 11.0 Å². The third-order valence-corrected chi connectivity index (χ3v) is 8.20. The molecule has 1 aliphatic heterocycles. The molecule has 0 N–H and O–H groups in total. The Morgan fingerprint density at radius 3 is 2.83 bits per heavy atom. The van der Waals surface area contributed by atoms with Crippen LogP contribution in [0.1, 0.15) is 51.9 Å². The molecule has 1 spiro atoms. The fourth-order valence-corrected chi connectivity index (χ4v) is 7.00. The lowest BCUT2D eigenvalue weighted by Gasteiger charge is -2.56. The first kappa shape index (κ1) is 15.1. The molecule has 2 nitrogen and oxygen atoms in total. The van der Waals surface area contributed by atoms with E-state index in [2.05, 4.69) is 25.7 Å². The molecule has 0 bridgehead atoms. The van der Waals surface area contributed by atoms with Gasteiger partial charge in [0.15, 0.2) is 5.78 Å². The SMILES string of the molecule is C=C1CCO[C@@]12C=C[C@H]1[C@@H]3CCC4=CC(=O)CC[C@@H]4[C@H]3CC[C@@]12C. The van der Waals surface area contributed by atoms with Crippen molar-refractivity contribution in [1.82, 2.24) is 0 Å². The van der Waals surface area contributed by atoms with Crippen LogP contribution in [0.4, 0.5) is 0 Å². The molecule has 0 aromatic rings. The molecule has 0 aromatic carbocycles. The second-order valence-electron chi connectivity index (χ2n) is 8.98. The minimum atomic E-state index is -0.193. The van der Waals surface area contributed by atoms with E-state index in [1.54, 1.807) is 0 Å². The molecule has 2 saturated carbocycles. The van der Waals surface area contributed by atoms with Crippen LogP contribution in [-0.2, 0) is 9.53 Å². The van der Waals surface area contributed by atoms with Gasteiger partial charge in [0.25, 0.3) is 0 Å². The number of carbonyl (C=O) groups excluding carboxylic acids is 1. The number of fused-ring (bicyclic) bond motifs is 6. The molecular formula is C22H28O2. The van der Waals surface area contributed by atoms with E-state index in [0.29, 0.717) is 17.6 Å². The zero-order chi connectivity index (χ0) is 16.5. The van der Waals surface area contributed by atoms with Crippen molar-refractivity contribution in [2.45, 2.75) is 57.5 Å². The van der Waals surface area contributed by atoms with Crippen LogP contribution in [-0.4, -0.2) is 18.0 Å². The quantitative estimate of drug-likeness (QED) is 0.608. The summed E-state index contributed by atoms with van der Waals surface area (Å²) < 4.78 is 6.34. The number of allylic oxidation sites excluding steroid dienone is 3. The largest absolute Gasteiger partial charge is 0.366 e. The van der Waals surface area contributed by atoms with Crippen molar-refractivity contribution < 1.29 is 9.53 Å². The Morgan fingerprint density at radius 1 is 1.17 bits per heavy atom. The van der Waals surface area contributed by atoms with E-state index in [4.69, 9.17) is 4.74 Å². The molecule has 6 atom stereocenters. The van der Waals surface area contributed by atoms with Crippen LogP contribution in [0.15, 0.2) is 36.0 Å². The van der Waals surface area contributed by atoms with Gasteiger partial charge in [-0.1, -0.05) is 31.2 Å². The fourth-order valence-electron chi connectivity index (χ4n) is 7.00. The van der Waals surface area contributed by atoms with Gasteiger partial charge in [0.1, 0.15) is 5.60 Å². The summed E-state index contributed by atoms with van der Waals surface area (Å²) in [5.41, 5.74) is 2.76. The highest BCUT2D eigenvalue weighted by Crippen LogP contribution is 2.65. The maximum atomic E-state index is 11.8. The van der Waals surface area contributed by atoms with Crippen molar-refractivity contribution in [3.8, 4) is 0 Å². The molecule has 4 aliphatic carbocycles. The third-order valence-electron chi connectivity index (χ3n) is 8.20. The van der Waals surface area contributed by atoms with Crippen LogP contribution < -0.4 is 0 Å². The highest BCUT2D eigenvalue weighted by atomic mass is 16.5. The zero-order valence-electron chi connectivity index (χ0n) is 14.7. The summed E-state index contributed by atoms with van der Waals surface area (Å²) in [4.78, 5) is 11.8. The number of carbonyl (C=O) groups is 1. The lowest BCUT2D eigenvalue weighted by molar-refractivity contribution is -0.117. The van der Waals surface area contributed by atoms with Gasteiger partial charge in [-0.3, -0.25) is 4.79 Å². The summed E-state index contributed by atoms with van der Waals surface area (Å²) in [6, 6.07) is 0. The molecule has 0 unspecified atom stereocenters. The first-order chi connectivity index (χ1) is 11.6. The third kappa shape index (κ3) is 1.73. The Bertz CT molecular complexity index is 671. The summed E-state index contributed by atoms with van der Waals surface area (Å²) in [5.74, 6) is 3.17. The van der Waals surface area contributed by atoms with E-state index >= 15 is 0 Å². The van der Waals surface area contributed by atoms with E-state index in [0.717, 1.165) is 44.1 Å². The Morgan fingerprint density at radius 2 is 2.04 bits per heavy atom. The Labute approximate surface area is 145 Å². The van der Waals surface area contributed by atoms with Gasteiger partial charge in [0, 0.05) is 11.8 Å². The van der Waals surface area contributed by atoms with Crippen molar-refractivity contribution in [3.05, 3.63) is 36.0 Å². The Hall–Kier alpha value is -1.15. The van der Waals surface area contributed by atoms with Gasteiger partial charge in [-0.25, -0.2) is 0 Å². The maximum absolute atomic E-state index is 11.8. The minimum absolute atomic E-state index is 0.188. The number of ketones is 1. The molecule has 0 aromatic heterocycles. The number of hydrogen-bond donors (Lipinski definition) is 0. The summed E-state index contributed by atoms with van der Waals surface area (Å²) in [6.45, 7) is 7.67. The highest BCUT2D eigenvalue weighted by Gasteiger charge is 2.63. The predicted molar refractivity (Wildman–Crippen MR) is 94.4 cm³/mol. The molecule has 1 heterocycles. The number of ether oxygens (including phenoxy) is 1. The molecule has 2 heteroatoms. The molecule has 5 aliphatic rings. The topological polar surface area (TPSA) is 26.3 Å². The average Bonchev–Trinajstić information content (AvgIpc) is 3.09. The van der Waals surface area contributed by atoms with Gasteiger partial charge in [-0.15, -0.1) is 0 Å². The number of rotatable bonds is 0. The highest BCUT2D eigenvalue weighted by molar-refractivity contribution is 5.91. The second-order valence-corrected chi connectivity index (χ2v) is 8.98. The van der Waals surface area contributed by atoms with E-state index < -0.39 is 0 Å². The standard InChI is InChI=1S/C22H28O2/c1-14-9-12-24-22(14)11-8-20-19-5-3-15-13-16(23)4-6-17(15)18(19)7-10-21(20,22)2/h8,11,13,17-20H,1,3-7,9-10,12H2,2H3/t17-,18+,19+,20-,21-,22-/m0/s1. The molecule has 24 heavy (non-hydrogen) atoms. The van der Waals surface area contributed by atoms with Crippen molar-refractivity contribution in [3.63, 3.8) is 0 Å². The first-order valence-electron chi connectivity index (χ1n) is 9.80. The summed E-state index contributed by atoms with van der Waals surface area (Å²) in [7, 11) is 0. The fraction of sp³-hybridized carbons (Fsp3) is 0.682. The minimum Gasteiger partial charge on any atom is -0.366 e. The monoisotopic (exact) mass is 324 g/mol. The Balaban J connectivity index is 1.49. The van der Waals surface area contributed by atoms with Crippen LogP contribution in [0.3, 0.4) is 0 Å². The van der Waals surface area contributed by atoms with Crippen LogP contribution >= 0.6 is 0 Å². The maximum Gasteiger partial charge on any atom is 0.155 e. The van der Waals surface area contributed by atoms with Gasteiger partial charge in [-0.05, 0) is 73.8 Å². The molecule has 5 rings (SSSR count). The van der Waals surface area contributed by atoms with E-state index in [9.17, 15) is 4.79 Å². The van der Waals surface area contributed by atoms with Crippen LogP contribution in [0.25, 0.3) is 0 Å². The second kappa shape index (κ2) is 4.94. The summed E-state index contributed by atoms with van der Waals surface area (Å²) in [5, 5.41) is 0. The Kier molecular flexibility index (Phi) is 3.11. The number of hydrogen-bond acceptors (Lipinski definition) is 2. The molecule has 0 radical (unpaired) electrons. The smallest absolute Gasteiger partial charge is 0.155 e. The van der Waals surface area contributed by atoms with Gasteiger partial charge in [0.05, 0.1) is 6.61 Å². The van der Waals surface area contributed by atoms with Gasteiger partial charge < -0.3 is 4.74 Å². The van der Waals surface area contributed by atoms with Gasteiger partial charge in [-0.2, -0.15) is 0 Å². The average molecular weight is 324 g/mol. The lowest BCUT2D eigenvalue weighted by atomic mass is 9.49. The van der Waals surface area contributed by atoms with Crippen molar-refractivity contribution in [1.29, 1.82) is 0 Å². The summed E-state index contributed by atoms with van der Waals surface area (Å²) >= 11 is 0. The first-order valence-corrected chi connectivity index (χ1v) is 9.80.